The van der Waals surface area contributed by atoms with E-state index in [0.29, 0.717) is 12.8 Å². The van der Waals surface area contributed by atoms with Gasteiger partial charge in [0.05, 0.1) is 11.6 Å². The summed E-state index contributed by atoms with van der Waals surface area (Å²) in [5, 5.41) is 23.0. The molecule has 1 fully saturated rings. The molecule has 0 aromatic heterocycles. The smallest absolute Gasteiger partial charge is 0.408 e. The summed E-state index contributed by atoms with van der Waals surface area (Å²) in [6, 6.07) is 7.76. The van der Waals surface area contributed by atoms with Crippen molar-refractivity contribution in [2.75, 3.05) is 6.26 Å². The van der Waals surface area contributed by atoms with E-state index in [0.717, 1.165) is 22.1 Å². The molecule has 142 valence electrons. The standard InChI is InChI=1S/C15H20BrNO3.CH4O3S/c1-14(2,3)20-13(19)17-15(8-12(18)9-15)10-4-6-11(16)7-5-10;1-5-4-3-2/h4-7,12,18H,8-9H2,1-3H3,(H,17,19);2H,1H3. The second kappa shape index (κ2) is 9.75. The third-order valence-corrected chi connectivity index (χ3v) is 4.13. The van der Waals surface area contributed by atoms with Gasteiger partial charge in [-0.2, -0.15) is 0 Å². The zero-order valence-electron chi connectivity index (χ0n) is 14.6. The molecule has 1 aliphatic carbocycles. The summed E-state index contributed by atoms with van der Waals surface area (Å²) in [7, 11) is 0. The van der Waals surface area contributed by atoms with E-state index in [4.69, 9.17) is 9.99 Å². The summed E-state index contributed by atoms with van der Waals surface area (Å²) in [6.45, 7) is 5.48. The van der Waals surface area contributed by atoms with Crippen LogP contribution in [0.5, 0.6) is 0 Å². The van der Waals surface area contributed by atoms with E-state index in [-0.39, 0.29) is 6.10 Å². The molecule has 1 saturated carbocycles. The first-order chi connectivity index (χ1) is 11.6. The van der Waals surface area contributed by atoms with Crippen LogP contribution in [0.25, 0.3) is 0 Å². The van der Waals surface area contributed by atoms with Crippen molar-refractivity contribution in [2.45, 2.75) is 50.9 Å². The molecule has 0 atom stereocenters. The van der Waals surface area contributed by atoms with Crippen LogP contribution >= 0.6 is 28.0 Å². The van der Waals surface area contributed by atoms with E-state index >= 15 is 0 Å². The Labute approximate surface area is 160 Å². The van der Waals surface area contributed by atoms with Crippen molar-refractivity contribution in [3.63, 3.8) is 0 Å². The summed E-state index contributed by atoms with van der Waals surface area (Å²) in [5.41, 5.74) is -0.0765. The van der Waals surface area contributed by atoms with Gasteiger partial charge in [0.15, 0.2) is 0 Å². The van der Waals surface area contributed by atoms with Gasteiger partial charge in [-0.15, -0.1) is 4.33 Å². The Hall–Kier alpha value is -0.840. The van der Waals surface area contributed by atoms with Crippen molar-refractivity contribution in [3.05, 3.63) is 34.3 Å². The van der Waals surface area contributed by atoms with E-state index in [1.54, 1.807) is 6.26 Å². The van der Waals surface area contributed by atoms with E-state index in [2.05, 4.69) is 30.6 Å². The third-order valence-electron chi connectivity index (χ3n) is 3.40. The van der Waals surface area contributed by atoms with Gasteiger partial charge in [-0.3, -0.25) is 0 Å². The number of nitrogens with one attached hydrogen (secondary N) is 1. The summed E-state index contributed by atoms with van der Waals surface area (Å²) in [4.78, 5) is 12.0. The minimum Gasteiger partial charge on any atom is -0.444 e. The molecule has 1 amide bonds. The normalized spacial score (nSPS) is 22.3. The van der Waals surface area contributed by atoms with Crippen molar-refractivity contribution in [1.82, 2.24) is 5.32 Å². The molecule has 1 aliphatic rings. The Kier molecular flexibility index (Phi) is 8.66. The summed E-state index contributed by atoms with van der Waals surface area (Å²) < 4.78 is 10.1. The number of amides is 1. The number of aliphatic hydroxyl groups is 1. The van der Waals surface area contributed by atoms with Crippen molar-refractivity contribution in [2.24, 2.45) is 0 Å². The molecule has 2 rings (SSSR count). The Balaban J connectivity index is 0.000000550. The Bertz CT molecular complexity index is 541. The van der Waals surface area contributed by atoms with E-state index in [1.165, 1.54) is 0 Å². The molecule has 0 saturated heterocycles. The van der Waals surface area contributed by atoms with Crippen LogP contribution in [0.3, 0.4) is 0 Å². The molecule has 1 aromatic rings. The van der Waals surface area contributed by atoms with Crippen LogP contribution in [-0.4, -0.2) is 34.4 Å². The highest BCUT2D eigenvalue weighted by Crippen LogP contribution is 2.42. The van der Waals surface area contributed by atoms with Gasteiger partial charge in [-0.1, -0.05) is 33.1 Å². The van der Waals surface area contributed by atoms with Crippen molar-refractivity contribution in [3.8, 4) is 0 Å². The van der Waals surface area contributed by atoms with E-state index < -0.39 is 17.2 Å². The average Bonchev–Trinajstić information content (AvgIpc) is 2.45. The lowest BCUT2D eigenvalue weighted by Gasteiger charge is -2.46. The van der Waals surface area contributed by atoms with Crippen LogP contribution in [0.15, 0.2) is 28.7 Å². The van der Waals surface area contributed by atoms with Crippen LogP contribution in [0, 0.1) is 0 Å². The number of halogens is 1. The van der Waals surface area contributed by atoms with Gasteiger partial charge < -0.3 is 15.2 Å². The fourth-order valence-electron chi connectivity index (χ4n) is 2.45. The Morgan fingerprint density at radius 2 is 1.88 bits per heavy atom. The molecular weight excluding hydrogens is 414 g/mol. The number of hydrogen-bond donors (Lipinski definition) is 3. The molecule has 9 heteroatoms. The molecule has 1 aromatic carbocycles. The van der Waals surface area contributed by atoms with E-state index in [9.17, 15) is 9.90 Å². The summed E-state index contributed by atoms with van der Waals surface area (Å²) in [6.07, 6.45) is 1.80. The summed E-state index contributed by atoms with van der Waals surface area (Å²) >= 11 is 4.32. The molecule has 0 bridgehead atoms. The van der Waals surface area contributed by atoms with Gasteiger partial charge in [-0.25, -0.2) is 10.1 Å². The first-order valence-electron chi connectivity index (χ1n) is 7.58. The summed E-state index contributed by atoms with van der Waals surface area (Å²) in [5.74, 6) is 0. The zero-order valence-corrected chi connectivity index (χ0v) is 17.0. The lowest BCUT2D eigenvalue weighted by molar-refractivity contribution is -0.432. The van der Waals surface area contributed by atoms with Gasteiger partial charge in [0.25, 0.3) is 0 Å². The Morgan fingerprint density at radius 1 is 1.32 bits per heavy atom. The largest absolute Gasteiger partial charge is 0.444 e. The molecule has 0 aliphatic heterocycles. The fraction of sp³-hybridized carbons (Fsp3) is 0.562. The van der Waals surface area contributed by atoms with Crippen LogP contribution in [0.4, 0.5) is 4.79 Å². The first-order valence-corrected chi connectivity index (χ1v) is 9.52. The minimum absolute atomic E-state index is 0.381. The van der Waals surface area contributed by atoms with Crippen molar-refractivity contribution < 1.29 is 29.3 Å². The third kappa shape index (κ3) is 7.51. The van der Waals surface area contributed by atoms with Crippen LogP contribution in [0.2, 0.25) is 0 Å². The van der Waals surface area contributed by atoms with Crippen LogP contribution in [0.1, 0.15) is 39.2 Å². The number of rotatable bonds is 4. The number of aliphatic hydroxyl groups excluding tert-OH is 1. The van der Waals surface area contributed by atoms with Gasteiger partial charge in [0.2, 0.25) is 0 Å². The van der Waals surface area contributed by atoms with E-state index in [1.807, 2.05) is 45.0 Å². The number of benzene rings is 1. The maximum atomic E-state index is 12.0. The molecular formula is C16H24BrNO6S. The highest BCUT2D eigenvalue weighted by atomic mass is 79.9. The van der Waals surface area contributed by atoms with Crippen molar-refractivity contribution >= 4 is 34.1 Å². The maximum absolute atomic E-state index is 12.0. The highest BCUT2D eigenvalue weighted by Gasteiger charge is 2.46. The minimum atomic E-state index is -0.534. The predicted octanol–water partition coefficient (Wildman–Crippen LogP) is 4.01. The second-order valence-electron chi connectivity index (χ2n) is 6.59. The average molecular weight is 438 g/mol. The predicted molar refractivity (Wildman–Crippen MR) is 98.7 cm³/mol. The zero-order chi connectivity index (χ0) is 19.1. The lowest BCUT2D eigenvalue weighted by atomic mass is 9.70. The highest BCUT2D eigenvalue weighted by molar-refractivity contribution is 9.10. The van der Waals surface area contributed by atoms with Gasteiger partial charge in [0, 0.05) is 35.6 Å². The monoisotopic (exact) mass is 437 g/mol. The Morgan fingerprint density at radius 3 is 2.24 bits per heavy atom. The first kappa shape index (κ1) is 22.2. The lowest BCUT2D eigenvalue weighted by Crippen LogP contribution is -2.57. The number of hydrogen-bond acceptors (Lipinski definition) is 7. The second-order valence-corrected chi connectivity index (χ2v) is 7.97. The number of ether oxygens (including phenoxy) is 1. The van der Waals surface area contributed by atoms with Gasteiger partial charge >= 0.3 is 6.09 Å². The maximum Gasteiger partial charge on any atom is 0.408 e. The van der Waals surface area contributed by atoms with Crippen LogP contribution < -0.4 is 5.32 Å². The van der Waals surface area contributed by atoms with Gasteiger partial charge in [-0.05, 0) is 38.5 Å². The topological polar surface area (TPSA) is 97.3 Å². The molecule has 25 heavy (non-hydrogen) atoms. The molecule has 7 nitrogen and oxygen atoms in total. The number of carbonyl (C=O) groups is 1. The SMILES string of the molecule is CC(C)(C)OC(=O)NC1(c2ccc(Br)cc2)CC(O)C1.CSOOO. The quantitative estimate of drug-likeness (QED) is 0.371. The molecule has 3 N–H and O–H groups in total. The fourth-order valence-corrected chi connectivity index (χ4v) is 2.78. The molecule has 0 radical (unpaired) electrons. The number of carbonyl (C=O) groups excluding carboxylic acids is 1. The molecule has 0 unspecified atom stereocenters. The molecule has 0 spiro atoms. The van der Waals surface area contributed by atoms with Crippen molar-refractivity contribution in [1.29, 1.82) is 0 Å². The van der Waals surface area contributed by atoms with Crippen LogP contribution in [-0.2, 0) is 19.6 Å². The molecule has 0 heterocycles. The van der Waals surface area contributed by atoms with Gasteiger partial charge in [0.1, 0.15) is 5.60 Å². The number of alkyl carbamates (subject to hydrolysis) is 1.